The number of halogens is 1. The summed E-state index contributed by atoms with van der Waals surface area (Å²) >= 11 is 0. The normalized spacial score (nSPS) is 21.6. The van der Waals surface area contributed by atoms with E-state index >= 15 is 0 Å². The molecular formula is C27H31FN5O2+. The summed E-state index contributed by atoms with van der Waals surface area (Å²) in [7, 11) is 3.12. The van der Waals surface area contributed by atoms with Gasteiger partial charge in [0.1, 0.15) is 18.9 Å². The molecule has 3 aliphatic rings. The molecular weight excluding hydrogens is 445 g/mol. The number of hydrogen-bond donors (Lipinski definition) is 0. The highest BCUT2D eigenvalue weighted by atomic mass is 19.1. The second-order valence-corrected chi connectivity index (χ2v) is 9.66. The SMILES string of the molecule is CN1C(=O)C2C(=NC(CN3CCC(Cc4ccccc4)CC3)=[N+]2Cc2ccccc2F)N(C)C1=O. The van der Waals surface area contributed by atoms with Crippen molar-refractivity contribution in [2.24, 2.45) is 10.9 Å². The number of carbonyl (C=O) groups excluding carboxylic acids is 2. The van der Waals surface area contributed by atoms with Crippen LogP contribution in [0.25, 0.3) is 0 Å². The molecule has 3 heterocycles. The van der Waals surface area contributed by atoms with E-state index in [9.17, 15) is 14.0 Å². The molecule has 0 radical (unpaired) electrons. The van der Waals surface area contributed by atoms with Crippen molar-refractivity contribution in [1.82, 2.24) is 14.7 Å². The van der Waals surface area contributed by atoms with Gasteiger partial charge < -0.3 is 0 Å². The highest BCUT2D eigenvalue weighted by Crippen LogP contribution is 2.24. The number of likely N-dealkylation sites (N-methyl/N-ethyl adjacent to an activating group) is 2. The zero-order valence-electron chi connectivity index (χ0n) is 20.2. The molecule has 0 N–H and O–H groups in total. The van der Waals surface area contributed by atoms with Crippen LogP contribution in [0.4, 0.5) is 9.18 Å². The van der Waals surface area contributed by atoms with E-state index in [1.54, 1.807) is 25.2 Å². The molecule has 2 aromatic rings. The van der Waals surface area contributed by atoms with Crippen molar-refractivity contribution >= 4 is 23.6 Å². The Labute approximate surface area is 205 Å². The molecule has 1 unspecified atom stereocenters. The summed E-state index contributed by atoms with van der Waals surface area (Å²) in [6.45, 7) is 2.65. The molecule has 0 saturated carbocycles. The lowest BCUT2D eigenvalue weighted by Gasteiger charge is -2.31. The average molecular weight is 477 g/mol. The van der Waals surface area contributed by atoms with Crippen molar-refractivity contribution in [3.8, 4) is 0 Å². The lowest BCUT2D eigenvalue weighted by Crippen LogP contribution is -2.61. The summed E-state index contributed by atoms with van der Waals surface area (Å²) in [6, 6.07) is 16.1. The molecule has 3 aliphatic heterocycles. The Hall–Kier alpha value is -3.39. The van der Waals surface area contributed by atoms with Gasteiger partial charge in [0.2, 0.25) is 0 Å². The van der Waals surface area contributed by atoms with Crippen LogP contribution in [0.3, 0.4) is 0 Å². The minimum atomic E-state index is -0.729. The molecule has 0 spiro atoms. The number of amidine groups is 2. The molecule has 2 saturated heterocycles. The van der Waals surface area contributed by atoms with Gasteiger partial charge >= 0.3 is 11.9 Å². The molecule has 0 aromatic heterocycles. The molecule has 35 heavy (non-hydrogen) atoms. The second-order valence-electron chi connectivity index (χ2n) is 9.66. The fourth-order valence-corrected chi connectivity index (χ4v) is 5.26. The Morgan fingerprint density at radius 2 is 1.66 bits per heavy atom. The van der Waals surface area contributed by atoms with Gasteiger partial charge in [-0.25, -0.2) is 13.8 Å². The van der Waals surface area contributed by atoms with Crippen LogP contribution in [-0.4, -0.2) is 82.7 Å². The van der Waals surface area contributed by atoms with Crippen molar-refractivity contribution in [2.75, 3.05) is 33.7 Å². The Bertz CT molecular complexity index is 1190. The molecule has 2 aromatic carbocycles. The van der Waals surface area contributed by atoms with E-state index in [1.807, 2.05) is 10.6 Å². The van der Waals surface area contributed by atoms with Gasteiger partial charge in [-0.1, -0.05) is 48.5 Å². The van der Waals surface area contributed by atoms with Gasteiger partial charge in [-0.2, -0.15) is 0 Å². The van der Waals surface area contributed by atoms with E-state index in [0.29, 0.717) is 29.7 Å². The Balaban J connectivity index is 1.36. The average Bonchev–Trinajstić information content (AvgIpc) is 3.22. The van der Waals surface area contributed by atoms with Crippen molar-refractivity contribution < 1.29 is 18.6 Å². The number of urea groups is 1. The first kappa shape index (κ1) is 23.4. The predicted octanol–water partition coefficient (Wildman–Crippen LogP) is 3.00. The zero-order chi connectivity index (χ0) is 24.5. The van der Waals surface area contributed by atoms with E-state index in [0.717, 1.165) is 37.3 Å². The first-order valence-corrected chi connectivity index (χ1v) is 12.2. The lowest BCUT2D eigenvalue weighted by atomic mass is 9.90. The number of nitrogens with zero attached hydrogens (tertiary/aromatic N) is 5. The summed E-state index contributed by atoms with van der Waals surface area (Å²) in [5.41, 5.74) is 1.87. The van der Waals surface area contributed by atoms with Crippen molar-refractivity contribution in [3.05, 3.63) is 71.5 Å². The van der Waals surface area contributed by atoms with Crippen molar-refractivity contribution in [1.29, 1.82) is 0 Å². The first-order valence-electron chi connectivity index (χ1n) is 12.2. The summed E-state index contributed by atoms with van der Waals surface area (Å²) in [4.78, 5) is 35.3. The quantitative estimate of drug-likeness (QED) is 0.603. The number of imide groups is 1. The summed E-state index contributed by atoms with van der Waals surface area (Å²) in [5, 5.41) is 0. The number of carbonyl (C=O) groups is 2. The van der Waals surface area contributed by atoms with E-state index < -0.39 is 12.1 Å². The Morgan fingerprint density at radius 1 is 0.971 bits per heavy atom. The Kier molecular flexibility index (Phi) is 6.47. The van der Waals surface area contributed by atoms with Crippen LogP contribution in [0.15, 0.2) is 59.6 Å². The minimum Gasteiger partial charge on any atom is -0.292 e. The molecule has 3 amide bonds. The lowest BCUT2D eigenvalue weighted by molar-refractivity contribution is -0.552. The molecule has 7 nitrogen and oxygen atoms in total. The van der Waals surface area contributed by atoms with Gasteiger partial charge in [-0.05, 0) is 54.9 Å². The van der Waals surface area contributed by atoms with E-state index in [1.165, 1.54) is 23.6 Å². The van der Waals surface area contributed by atoms with Crippen LogP contribution in [-0.2, 0) is 17.8 Å². The molecule has 2 fully saturated rings. The fourth-order valence-electron chi connectivity index (χ4n) is 5.26. The molecule has 8 heteroatoms. The maximum absolute atomic E-state index is 14.5. The van der Waals surface area contributed by atoms with Crippen LogP contribution in [0.1, 0.15) is 24.0 Å². The maximum atomic E-state index is 14.5. The zero-order valence-corrected chi connectivity index (χ0v) is 20.2. The fraction of sp³-hybridized carbons (Fsp3) is 0.407. The van der Waals surface area contributed by atoms with Crippen LogP contribution in [0.5, 0.6) is 0 Å². The molecule has 0 aliphatic carbocycles. The molecule has 182 valence electrons. The highest BCUT2D eigenvalue weighted by molar-refractivity contribution is 6.23. The van der Waals surface area contributed by atoms with E-state index in [4.69, 9.17) is 4.99 Å². The van der Waals surface area contributed by atoms with Crippen LogP contribution >= 0.6 is 0 Å². The first-order chi connectivity index (χ1) is 16.9. The molecule has 0 bridgehead atoms. The van der Waals surface area contributed by atoms with Crippen molar-refractivity contribution in [2.45, 2.75) is 31.8 Å². The monoisotopic (exact) mass is 476 g/mol. The largest absolute Gasteiger partial charge is 0.333 e. The number of aliphatic imine (C=N–C) groups is 1. The van der Waals surface area contributed by atoms with Crippen molar-refractivity contribution in [3.63, 3.8) is 0 Å². The number of benzene rings is 2. The summed E-state index contributed by atoms with van der Waals surface area (Å²) in [6.07, 6.45) is 3.27. The van der Waals surface area contributed by atoms with Gasteiger partial charge in [0.05, 0.1) is 0 Å². The van der Waals surface area contributed by atoms with Gasteiger partial charge in [-0.3, -0.25) is 19.5 Å². The minimum absolute atomic E-state index is 0.214. The Morgan fingerprint density at radius 3 is 2.37 bits per heavy atom. The summed E-state index contributed by atoms with van der Waals surface area (Å²) in [5.74, 6) is 1.12. The number of hydrogen-bond acceptors (Lipinski definition) is 4. The standard InChI is InChI=1S/C27H31FN5O2/c1-30-25-24(26(34)31(2)27(30)35)33(17-21-10-6-7-11-22(21)28)23(29-25)18-32-14-12-20(13-15-32)16-19-8-4-3-5-9-19/h3-11,20,24H,12-18H2,1-2H3/q+1. The van der Waals surface area contributed by atoms with E-state index in [2.05, 4.69) is 29.2 Å². The third-order valence-electron chi connectivity index (χ3n) is 7.35. The maximum Gasteiger partial charge on any atom is 0.333 e. The molecule has 5 rings (SSSR count). The topological polar surface area (TPSA) is 59.2 Å². The van der Waals surface area contributed by atoms with Crippen LogP contribution in [0.2, 0.25) is 0 Å². The van der Waals surface area contributed by atoms with Gasteiger partial charge in [0.15, 0.2) is 0 Å². The molecule has 1 atom stereocenters. The van der Waals surface area contributed by atoms with Gasteiger partial charge in [0, 0.05) is 19.7 Å². The van der Waals surface area contributed by atoms with Crippen LogP contribution in [0, 0.1) is 11.7 Å². The second kappa shape index (κ2) is 9.70. The number of fused-ring (bicyclic) bond motifs is 1. The number of rotatable bonds is 6. The smallest absolute Gasteiger partial charge is 0.292 e. The number of piperidine rings is 1. The van der Waals surface area contributed by atoms with Crippen LogP contribution < -0.4 is 0 Å². The number of amides is 3. The highest BCUT2D eigenvalue weighted by Gasteiger charge is 2.53. The third-order valence-corrected chi connectivity index (χ3v) is 7.35. The van der Waals surface area contributed by atoms with Gasteiger partial charge in [-0.15, -0.1) is 0 Å². The number of likely N-dealkylation sites (tertiary alicyclic amines) is 1. The van der Waals surface area contributed by atoms with Gasteiger partial charge in [0.25, 0.3) is 17.8 Å². The predicted molar refractivity (Wildman–Crippen MR) is 132 cm³/mol. The summed E-state index contributed by atoms with van der Waals surface area (Å²) < 4.78 is 16.4. The van der Waals surface area contributed by atoms with E-state index in [-0.39, 0.29) is 18.3 Å². The third kappa shape index (κ3) is 4.62.